The second kappa shape index (κ2) is 9.80. The normalized spacial score (nSPS) is 11.0. The predicted molar refractivity (Wildman–Crippen MR) is 120 cm³/mol. The van der Waals surface area contributed by atoms with Crippen LogP contribution in [0.25, 0.3) is 0 Å². The Hall–Kier alpha value is -3.10. The lowest BCUT2D eigenvalue weighted by atomic mass is 10.1. The summed E-state index contributed by atoms with van der Waals surface area (Å²) in [6.07, 6.45) is 1.06. The topological polar surface area (TPSA) is 89.5 Å². The van der Waals surface area contributed by atoms with Crippen molar-refractivity contribution in [2.75, 3.05) is 18.2 Å². The molecule has 160 valence electrons. The molecule has 31 heavy (non-hydrogen) atoms. The highest BCUT2D eigenvalue weighted by molar-refractivity contribution is 7.99. The third kappa shape index (κ3) is 6.19. The van der Waals surface area contributed by atoms with Gasteiger partial charge < -0.3 is 10.1 Å². The van der Waals surface area contributed by atoms with E-state index in [-0.39, 0.29) is 10.5 Å². The van der Waals surface area contributed by atoms with Gasteiger partial charge in [0.05, 0.1) is 16.1 Å². The molecular formula is C23H21NO5S2. The van der Waals surface area contributed by atoms with Crippen molar-refractivity contribution in [2.45, 2.75) is 21.6 Å². The van der Waals surface area contributed by atoms with Crippen molar-refractivity contribution < 1.29 is 22.7 Å². The van der Waals surface area contributed by atoms with Gasteiger partial charge in [0.1, 0.15) is 0 Å². The summed E-state index contributed by atoms with van der Waals surface area (Å²) in [6.45, 7) is 1.17. The summed E-state index contributed by atoms with van der Waals surface area (Å²) in [5.74, 6) is -1.25. The van der Waals surface area contributed by atoms with Crippen molar-refractivity contribution >= 4 is 39.2 Å². The first-order chi connectivity index (χ1) is 14.7. The van der Waals surface area contributed by atoms with E-state index in [1.54, 1.807) is 19.1 Å². The van der Waals surface area contributed by atoms with Gasteiger partial charge in [0.25, 0.3) is 5.91 Å². The van der Waals surface area contributed by atoms with Gasteiger partial charge in [0.15, 0.2) is 16.4 Å². The molecule has 0 aromatic heterocycles. The first-order valence-corrected chi connectivity index (χ1v) is 12.0. The summed E-state index contributed by atoms with van der Waals surface area (Å²) in [7, 11) is -3.47. The smallest absolute Gasteiger partial charge is 0.338 e. The van der Waals surface area contributed by atoms with Gasteiger partial charge in [-0.15, -0.1) is 0 Å². The van der Waals surface area contributed by atoms with Gasteiger partial charge in [-0.2, -0.15) is 0 Å². The van der Waals surface area contributed by atoms with Crippen molar-refractivity contribution in [1.82, 2.24) is 0 Å². The molecule has 0 spiro atoms. The van der Waals surface area contributed by atoms with E-state index in [0.29, 0.717) is 11.3 Å². The van der Waals surface area contributed by atoms with E-state index in [4.69, 9.17) is 4.74 Å². The van der Waals surface area contributed by atoms with Gasteiger partial charge in [-0.05, 0) is 48.9 Å². The number of carbonyl (C=O) groups is 2. The number of hydrogen-bond acceptors (Lipinski definition) is 6. The number of esters is 1. The minimum absolute atomic E-state index is 0.0152. The maximum Gasteiger partial charge on any atom is 0.338 e. The number of rotatable bonds is 7. The lowest BCUT2D eigenvalue weighted by Gasteiger charge is -2.12. The van der Waals surface area contributed by atoms with Crippen LogP contribution in [0, 0.1) is 6.92 Å². The van der Waals surface area contributed by atoms with E-state index < -0.39 is 28.3 Å². The number of sulfone groups is 1. The van der Waals surface area contributed by atoms with Crippen molar-refractivity contribution in [2.24, 2.45) is 0 Å². The maximum atomic E-state index is 12.4. The van der Waals surface area contributed by atoms with Crippen LogP contribution >= 0.6 is 11.8 Å². The Labute approximate surface area is 185 Å². The largest absolute Gasteiger partial charge is 0.452 e. The fraction of sp³-hybridized carbons (Fsp3) is 0.130. The number of para-hydroxylation sites is 1. The Kier molecular flexibility index (Phi) is 7.14. The van der Waals surface area contributed by atoms with Gasteiger partial charge in [0, 0.05) is 16.0 Å². The molecule has 3 aromatic carbocycles. The van der Waals surface area contributed by atoms with Crippen LogP contribution in [0.2, 0.25) is 0 Å². The van der Waals surface area contributed by atoms with E-state index in [1.807, 2.05) is 42.5 Å². The molecule has 1 amide bonds. The molecule has 1 N–H and O–H groups in total. The number of hydrogen-bond donors (Lipinski definition) is 1. The van der Waals surface area contributed by atoms with Crippen molar-refractivity contribution in [3.8, 4) is 0 Å². The molecule has 0 bridgehead atoms. The Balaban J connectivity index is 1.66. The van der Waals surface area contributed by atoms with Crippen LogP contribution in [0.1, 0.15) is 15.9 Å². The first-order valence-electron chi connectivity index (χ1n) is 9.33. The molecule has 3 rings (SSSR count). The Morgan fingerprint density at radius 1 is 0.968 bits per heavy atom. The van der Waals surface area contributed by atoms with E-state index in [0.717, 1.165) is 16.0 Å². The van der Waals surface area contributed by atoms with E-state index in [9.17, 15) is 18.0 Å². The number of aryl methyl sites for hydroxylation is 1. The summed E-state index contributed by atoms with van der Waals surface area (Å²) < 4.78 is 28.6. The summed E-state index contributed by atoms with van der Waals surface area (Å²) in [5.41, 5.74) is 1.27. The van der Waals surface area contributed by atoms with Crippen molar-refractivity contribution in [3.05, 3.63) is 83.9 Å². The van der Waals surface area contributed by atoms with E-state index in [1.165, 1.54) is 30.0 Å². The second-order valence-electron chi connectivity index (χ2n) is 6.78. The van der Waals surface area contributed by atoms with Gasteiger partial charge in [0.2, 0.25) is 0 Å². The third-order valence-electron chi connectivity index (χ3n) is 4.32. The van der Waals surface area contributed by atoms with E-state index in [2.05, 4.69) is 5.32 Å². The highest BCUT2D eigenvalue weighted by Gasteiger charge is 2.17. The van der Waals surface area contributed by atoms with Crippen LogP contribution in [-0.4, -0.2) is 33.2 Å². The van der Waals surface area contributed by atoms with Crippen LogP contribution in [0.4, 0.5) is 5.69 Å². The third-order valence-corrected chi connectivity index (χ3v) is 6.52. The quantitative estimate of drug-likeness (QED) is 0.533. The van der Waals surface area contributed by atoms with Gasteiger partial charge in [-0.3, -0.25) is 4.79 Å². The Morgan fingerprint density at radius 2 is 1.65 bits per heavy atom. The molecule has 0 aliphatic rings. The van der Waals surface area contributed by atoms with Crippen LogP contribution in [-0.2, 0) is 19.4 Å². The molecule has 0 aliphatic carbocycles. The van der Waals surface area contributed by atoms with Crippen molar-refractivity contribution in [3.63, 3.8) is 0 Å². The zero-order valence-electron chi connectivity index (χ0n) is 17.0. The highest BCUT2D eigenvalue weighted by Crippen LogP contribution is 2.33. The van der Waals surface area contributed by atoms with Crippen LogP contribution in [0.15, 0.2) is 87.5 Å². The minimum Gasteiger partial charge on any atom is -0.452 e. The molecule has 0 heterocycles. The molecule has 0 fully saturated rings. The summed E-state index contributed by atoms with van der Waals surface area (Å²) in [6, 6.07) is 21.3. The summed E-state index contributed by atoms with van der Waals surface area (Å²) in [4.78, 5) is 26.7. The molecule has 0 aliphatic heterocycles. The molecule has 0 unspecified atom stereocenters. The minimum atomic E-state index is -3.47. The molecule has 3 aromatic rings. The monoisotopic (exact) mass is 455 g/mol. The molecular weight excluding hydrogens is 434 g/mol. The number of carbonyl (C=O) groups excluding carboxylic acids is 2. The summed E-state index contributed by atoms with van der Waals surface area (Å²) in [5, 5.41) is 2.75. The lowest BCUT2D eigenvalue weighted by molar-refractivity contribution is -0.119. The zero-order valence-corrected chi connectivity index (χ0v) is 18.6. The molecule has 0 atom stereocenters. The molecule has 0 radical (unpaired) electrons. The highest BCUT2D eigenvalue weighted by atomic mass is 32.2. The number of benzene rings is 3. The van der Waals surface area contributed by atoms with Gasteiger partial charge >= 0.3 is 5.97 Å². The molecule has 6 nitrogen and oxygen atoms in total. The number of ether oxygens (including phenoxy) is 1. The number of amides is 1. The van der Waals surface area contributed by atoms with Crippen LogP contribution in [0.5, 0.6) is 0 Å². The fourth-order valence-electron chi connectivity index (χ4n) is 2.72. The second-order valence-corrected chi connectivity index (χ2v) is 9.92. The summed E-state index contributed by atoms with van der Waals surface area (Å²) >= 11 is 1.50. The van der Waals surface area contributed by atoms with Crippen LogP contribution < -0.4 is 5.32 Å². The average molecular weight is 456 g/mol. The number of nitrogens with one attached hydrogen (secondary N) is 1. The Bertz CT molecular complexity index is 1210. The molecule has 8 heteroatoms. The SMILES string of the molecule is Cc1ccc(S(C)(=O)=O)cc1C(=O)OCC(=O)Nc1ccccc1Sc1ccccc1. The predicted octanol–water partition coefficient (Wildman–Crippen LogP) is 4.35. The van der Waals surface area contributed by atoms with E-state index >= 15 is 0 Å². The lowest BCUT2D eigenvalue weighted by Crippen LogP contribution is -2.21. The van der Waals surface area contributed by atoms with Gasteiger partial charge in [-0.25, -0.2) is 13.2 Å². The Morgan fingerprint density at radius 3 is 2.35 bits per heavy atom. The van der Waals surface area contributed by atoms with Crippen LogP contribution in [0.3, 0.4) is 0 Å². The average Bonchev–Trinajstić information content (AvgIpc) is 2.73. The fourth-order valence-corrected chi connectivity index (χ4v) is 4.29. The van der Waals surface area contributed by atoms with Gasteiger partial charge in [-0.1, -0.05) is 48.2 Å². The number of anilines is 1. The first kappa shape index (κ1) is 22.6. The maximum absolute atomic E-state index is 12.4. The standard InChI is InChI=1S/C23H21NO5S2/c1-16-12-13-18(31(2,27)28)14-19(16)23(26)29-15-22(25)24-20-10-6-7-11-21(20)30-17-8-4-3-5-9-17/h3-14H,15H2,1-2H3,(H,24,25). The molecule has 0 saturated heterocycles. The van der Waals surface area contributed by atoms with Crippen molar-refractivity contribution in [1.29, 1.82) is 0 Å². The molecule has 0 saturated carbocycles. The zero-order chi connectivity index (χ0) is 22.4.